The number of amides is 1. The smallest absolute Gasteiger partial charge is 0.224 e. The molecule has 0 aromatic heterocycles. The summed E-state index contributed by atoms with van der Waals surface area (Å²) < 4.78 is 27.2. The van der Waals surface area contributed by atoms with Crippen LogP contribution in [0.25, 0.3) is 0 Å². The van der Waals surface area contributed by atoms with E-state index in [0.29, 0.717) is 41.5 Å². The highest BCUT2D eigenvalue weighted by Gasteiger charge is 2.32. The van der Waals surface area contributed by atoms with Crippen LogP contribution in [0.5, 0.6) is 0 Å². The summed E-state index contributed by atoms with van der Waals surface area (Å²) in [6, 6.07) is 13.2. The second-order valence-electron chi connectivity index (χ2n) is 8.02. The number of nitrogens with one attached hydrogen (secondary N) is 1. The zero-order valence-electron chi connectivity index (χ0n) is 18.0. The van der Waals surface area contributed by atoms with Gasteiger partial charge in [0.15, 0.2) is 0 Å². The van der Waals surface area contributed by atoms with Gasteiger partial charge < -0.3 is 5.32 Å². The van der Waals surface area contributed by atoms with Crippen molar-refractivity contribution < 1.29 is 13.2 Å². The monoisotopic (exact) mass is 514 g/mol. The standard InChI is InChI=1S/C23H28Cl2N2O3S2/c1-17-4-6-18(7-5-17)15-31-12-10-26-23(28)19-3-2-11-27(14-19)32(29,30)16-20-8-9-21(24)13-22(20)25/h4-9,13,19H,2-3,10-12,14-16H2,1H3,(H,26,28). The maximum atomic E-state index is 12.9. The molecular weight excluding hydrogens is 487 g/mol. The van der Waals surface area contributed by atoms with Gasteiger partial charge in [0.25, 0.3) is 0 Å². The van der Waals surface area contributed by atoms with Crippen molar-refractivity contribution in [2.75, 3.05) is 25.4 Å². The molecule has 2 aromatic rings. The first kappa shape index (κ1) is 25.4. The molecule has 1 saturated heterocycles. The molecule has 1 aliphatic rings. The Hall–Kier alpha value is -1.25. The Kier molecular flexibility index (Phi) is 9.32. The van der Waals surface area contributed by atoms with E-state index in [1.807, 2.05) is 0 Å². The average molecular weight is 516 g/mol. The van der Waals surface area contributed by atoms with Gasteiger partial charge in [-0.25, -0.2) is 12.7 Å². The third-order valence-electron chi connectivity index (χ3n) is 5.44. The van der Waals surface area contributed by atoms with Crippen molar-refractivity contribution in [3.63, 3.8) is 0 Å². The van der Waals surface area contributed by atoms with Crippen LogP contribution < -0.4 is 5.32 Å². The summed E-state index contributed by atoms with van der Waals surface area (Å²) in [4.78, 5) is 12.6. The summed E-state index contributed by atoms with van der Waals surface area (Å²) in [5.74, 6) is 1.10. The lowest BCUT2D eigenvalue weighted by Crippen LogP contribution is -2.46. The van der Waals surface area contributed by atoms with Crippen molar-refractivity contribution in [3.8, 4) is 0 Å². The molecule has 3 rings (SSSR count). The minimum absolute atomic E-state index is 0.0784. The van der Waals surface area contributed by atoms with Gasteiger partial charge in [-0.15, -0.1) is 0 Å². The quantitative estimate of drug-likeness (QED) is 0.483. The summed E-state index contributed by atoms with van der Waals surface area (Å²) in [5, 5.41) is 3.76. The van der Waals surface area contributed by atoms with Crippen LogP contribution in [0.4, 0.5) is 0 Å². The molecule has 174 valence electrons. The van der Waals surface area contributed by atoms with Crippen LogP contribution in [-0.4, -0.2) is 44.0 Å². The van der Waals surface area contributed by atoms with Crippen LogP contribution >= 0.6 is 35.0 Å². The number of halogens is 2. The number of nitrogens with zero attached hydrogens (tertiary/aromatic N) is 1. The van der Waals surface area contributed by atoms with Crippen molar-refractivity contribution in [1.29, 1.82) is 0 Å². The normalized spacial score (nSPS) is 17.3. The molecule has 32 heavy (non-hydrogen) atoms. The molecule has 9 heteroatoms. The molecule has 0 saturated carbocycles. The fourth-order valence-corrected chi connectivity index (χ4v) is 6.62. The molecule has 0 radical (unpaired) electrons. The average Bonchev–Trinajstić information content (AvgIpc) is 2.77. The van der Waals surface area contributed by atoms with E-state index in [4.69, 9.17) is 23.2 Å². The maximum Gasteiger partial charge on any atom is 0.224 e. The van der Waals surface area contributed by atoms with Crippen molar-refractivity contribution in [1.82, 2.24) is 9.62 Å². The summed E-state index contributed by atoms with van der Waals surface area (Å²) in [6.45, 7) is 3.26. The summed E-state index contributed by atoms with van der Waals surface area (Å²) in [6.07, 6.45) is 1.35. The van der Waals surface area contributed by atoms with Gasteiger partial charge >= 0.3 is 0 Å². The second kappa shape index (κ2) is 11.7. The number of benzene rings is 2. The molecule has 1 amide bonds. The highest BCUT2D eigenvalue weighted by atomic mass is 35.5. The molecular formula is C23H28Cl2N2O3S2. The van der Waals surface area contributed by atoms with Crippen LogP contribution in [0.1, 0.15) is 29.5 Å². The van der Waals surface area contributed by atoms with Gasteiger partial charge in [0.2, 0.25) is 15.9 Å². The SMILES string of the molecule is Cc1ccc(CSCCNC(=O)C2CCCN(S(=O)(=O)Cc3ccc(Cl)cc3Cl)C2)cc1. The van der Waals surface area contributed by atoms with Crippen molar-refractivity contribution in [3.05, 3.63) is 69.2 Å². The number of sulfonamides is 1. The maximum absolute atomic E-state index is 12.9. The van der Waals surface area contributed by atoms with Gasteiger partial charge in [0.05, 0.1) is 11.7 Å². The lowest BCUT2D eigenvalue weighted by molar-refractivity contribution is -0.125. The number of carbonyl (C=O) groups excluding carboxylic acids is 1. The van der Waals surface area contributed by atoms with E-state index >= 15 is 0 Å². The van der Waals surface area contributed by atoms with Crippen LogP contribution in [0.2, 0.25) is 10.0 Å². The molecule has 5 nitrogen and oxygen atoms in total. The number of hydrogen-bond acceptors (Lipinski definition) is 4. The van der Waals surface area contributed by atoms with Crippen LogP contribution in [-0.2, 0) is 26.3 Å². The predicted molar refractivity (Wildman–Crippen MR) is 134 cm³/mol. The van der Waals surface area contributed by atoms with E-state index in [1.165, 1.54) is 21.5 Å². The third kappa shape index (κ3) is 7.39. The minimum Gasteiger partial charge on any atom is -0.355 e. The van der Waals surface area contributed by atoms with E-state index in [-0.39, 0.29) is 24.1 Å². The van der Waals surface area contributed by atoms with Gasteiger partial charge in [-0.3, -0.25) is 4.79 Å². The largest absolute Gasteiger partial charge is 0.355 e. The van der Waals surface area contributed by atoms with Crippen LogP contribution in [0.15, 0.2) is 42.5 Å². The molecule has 1 unspecified atom stereocenters. The summed E-state index contributed by atoms with van der Waals surface area (Å²) in [7, 11) is -3.58. The van der Waals surface area contributed by atoms with E-state index in [9.17, 15) is 13.2 Å². The number of rotatable bonds is 9. The molecule has 2 aromatic carbocycles. The molecule has 1 heterocycles. The Morgan fingerprint density at radius 2 is 1.94 bits per heavy atom. The highest BCUT2D eigenvalue weighted by Crippen LogP contribution is 2.26. The topological polar surface area (TPSA) is 66.5 Å². The number of carbonyl (C=O) groups is 1. The van der Waals surface area contributed by atoms with Crippen LogP contribution in [0.3, 0.4) is 0 Å². The van der Waals surface area contributed by atoms with Crippen LogP contribution in [0, 0.1) is 12.8 Å². The number of hydrogen-bond donors (Lipinski definition) is 1. The first-order valence-corrected chi connectivity index (χ1v) is 14.1. The Balaban J connectivity index is 1.45. The molecule has 1 fully saturated rings. The van der Waals surface area contributed by atoms with E-state index in [1.54, 1.807) is 23.9 Å². The van der Waals surface area contributed by atoms with Gasteiger partial charge in [-0.2, -0.15) is 11.8 Å². The van der Waals surface area contributed by atoms with Crippen molar-refractivity contribution in [2.24, 2.45) is 5.92 Å². The summed E-state index contributed by atoms with van der Waals surface area (Å²) >= 11 is 13.8. The molecule has 1 N–H and O–H groups in total. The van der Waals surface area contributed by atoms with E-state index in [2.05, 4.69) is 36.5 Å². The number of thioether (sulfide) groups is 1. The molecule has 0 bridgehead atoms. The van der Waals surface area contributed by atoms with Crippen molar-refractivity contribution in [2.45, 2.75) is 31.3 Å². The zero-order chi connectivity index (χ0) is 23.1. The van der Waals surface area contributed by atoms with Gasteiger partial charge in [-0.05, 0) is 43.0 Å². The lowest BCUT2D eigenvalue weighted by atomic mass is 9.99. The first-order valence-electron chi connectivity index (χ1n) is 10.6. The Labute approximate surface area is 204 Å². The Morgan fingerprint density at radius 3 is 2.66 bits per heavy atom. The van der Waals surface area contributed by atoms with Gasteiger partial charge in [0.1, 0.15) is 0 Å². The first-order chi connectivity index (χ1) is 15.2. The van der Waals surface area contributed by atoms with E-state index < -0.39 is 10.0 Å². The van der Waals surface area contributed by atoms with Gasteiger partial charge in [-0.1, -0.05) is 59.1 Å². The molecule has 1 atom stereocenters. The fraction of sp³-hybridized carbons (Fsp3) is 0.435. The fourth-order valence-electron chi connectivity index (χ4n) is 3.60. The van der Waals surface area contributed by atoms with Gasteiger partial charge in [0, 0.05) is 41.2 Å². The predicted octanol–water partition coefficient (Wildman–Crippen LogP) is 4.89. The molecule has 1 aliphatic heterocycles. The molecule has 0 aliphatic carbocycles. The third-order valence-corrected chi connectivity index (χ3v) is 8.85. The lowest BCUT2D eigenvalue weighted by Gasteiger charge is -2.31. The minimum atomic E-state index is -3.58. The van der Waals surface area contributed by atoms with Crippen molar-refractivity contribution >= 4 is 50.9 Å². The second-order valence-corrected chi connectivity index (χ2v) is 11.9. The highest BCUT2D eigenvalue weighted by molar-refractivity contribution is 7.98. The zero-order valence-corrected chi connectivity index (χ0v) is 21.2. The van der Waals surface area contributed by atoms with E-state index in [0.717, 1.165) is 11.5 Å². The number of aryl methyl sites for hydroxylation is 1. The number of piperidine rings is 1. The summed E-state index contributed by atoms with van der Waals surface area (Å²) in [5.41, 5.74) is 3.01. The molecule has 0 spiro atoms. The Bertz CT molecular complexity index is 1030. The Morgan fingerprint density at radius 1 is 1.19 bits per heavy atom.